The quantitative estimate of drug-likeness (QED) is 0.397. The Labute approximate surface area is 140 Å². The van der Waals surface area contributed by atoms with Crippen molar-refractivity contribution in [2.24, 2.45) is 0 Å². The molecule has 0 radical (unpaired) electrons. The van der Waals surface area contributed by atoms with Crippen LogP contribution in [-0.4, -0.2) is 10.2 Å². The molecule has 1 atom stereocenters. The second-order valence-corrected chi connectivity index (χ2v) is 5.87. The summed E-state index contributed by atoms with van der Waals surface area (Å²) in [6.07, 6.45) is 19.5. The van der Waals surface area contributed by atoms with E-state index in [-0.39, 0.29) is 17.4 Å². The number of allylic oxidation sites excluding steroid dienone is 6. The molecule has 0 bridgehead atoms. The van der Waals surface area contributed by atoms with E-state index in [0.717, 1.165) is 19.3 Å². The third-order valence-corrected chi connectivity index (χ3v) is 3.81. The number of hydrogen-bond acceptors (Lipinski definition) is 2. The summed E-state index contributed by atoms with van der Waals surface area (Å²) in [5.74, 6) is 0.430. The van der Waals surface area contributed by atoms with Crippen LogP contribution >= 0.6 is 0 Å². The van der Waals surface area contributed by atoms with E-state index in [0.29, 0.717) is 5.56 Å². The van der Waals surface area contributed by atoms with Crippen LogP contribution in [0.3, 0.4) is 0 Å². The van der Waals surface area contributed by atoms with Gasteiger partial charge in [-0.3, -0.25) is 0 Å². The van der Waals surface area contributed by atoms with Crippen molar-refractivity contribution in [2.45, 2.75) is 58.3 Å². The number of phenolic OH excluding ortho intramolecular Hbond substituents is 2. The van der Waals surface area contributed by atoms with Crippen LogP contribution in [0.1, 0.15) is 63.9 Å². The minimum Gasteiger partial charge on any atom is -0.508 e. The van der Waals surface area contributed by atoms with E-state index in [2.05, 4.69) is 43.4 Å². The third-order valence-electron chi connectivity index (χ3n) is 3.81. The molecule has 0 aromatic heterocycles. The van der Waals surface area contributed by atoms with Crippen molar-refractivity contribution in [3.63, 3.8) is 0 Å². The van der Waals surface area contributed by atoms with Crippen LogP contribution in [0.15, 0.2) is 54.7 Å². The minimum absolute atomic E-state index is 0.0953. The minimum atomic E-state index is 0.0953. The molecule has 0 fully saturated rings. The van der Waals surface area contributed by atoms with Crippen molar-refractivity contribution in [3.05, 3.63) is 60.2 Å². The highest BCUT2D eigenvalue weighted by molar-refractivity contribution is 5.45. The molecule has 0 amide bonds. The van der Waals surface area contributed by atoms with E-state index >= 15 is 0 Å². The van der Waals surface area contributed by atoms with Crippen LogP contribution in [0.2, 0.25) is 0 Å². The topological polar surface area (TPSA) is 40.5 Å². The monoisotopic (exact) mass is 314 g/mol. The third kappa shape index (κ3) is 7.73. The van der Waals surface area contributed by atoms with Gasteiger partial charge in [-0.25, -0.2) is 0 Å². The van der Waals surface area contributed by atoms with Gasteiger partial charge in [0.2, 0.25) is 0 Å². The first-order chi connectivity index (χ1) is 11.2. The fraction of sp³-hybridized carbons (Fsp3) is 0.429. The standard InChI is InChI=1S/C21H30O2/c1-3-4-5-6-7-8-9-10-11-12-13-15-18(2)21-19(22)16-14-17-20(21)23/h6-7,9-10,12-14,16-18,22-23H,3-5,8,11,15H2,1-2H3/b7-6+,10-9-,13-12-. The van der Waals surface area contributed by atoms with E-state index < -0.39 is 0 Å². The Morgan fingerprint density at radius 2 is 1.48 bits per heavy atom. The second-order valence-electron chi connectivity index (χ2n) is 5.87. The molecule has 1 unspecified atom stereocenters. The van der Waals surface area contributed by atoms with Gasteiger partial charge in [0, 0.05) is 5.56 Å². The molecular formula is C21H30O2. The van der Waals surface area contributed by atoms with E-state index in [1.165, 1.54) is 19.3 Å². The molecule has 1 aromatic rings. The van der Waals surface area contributed by atoms with Crippen LogP contribution in [0.5, 0.6) is 11.5 Å². The van der Waals surface area contributed by atoms with Crippen LogP contribution in [0, 0.1) is 0 Å². The smallest absolute Gasteiger partial charge is 0.122 e. The van der Waals surface area contributed by atoms with Crippen LogP contribution < -0.4 is 0 Å². The Kier molecular flexibility index (Phi) is 9.62. The molecule has 2 N–H and O–H groups in total. The first kappa shape index (κ1) is 19.1. The van der Waals surface area contributed by atoms with Gasteiger partial charge in [-0.2, -0.15) is 0 Å². The fourth-order valence-electron chi connectivity index (χ4n) is 2.45. The molecule has 0 spiro atoms. The summed E-state index contributed by atoms with van der Waals surface area (Å²) in [4.78, 5) is 0. The van der Waals surface area contributed by atoms with Gasteiger partial charge in [-0.05, 0) is 43.7 Å². The zero-order valence-corrected chi connectivity index (χ0v) is 14.4. The lowest BCUT2D eigenvalue weighted by Gasteiger charge is -2.13. The van der Waals surface area contributed by atoms with E-state index in [4.69, 9.17) is 0 Å². The number of unbranched alkanes of at least 4 members (excludes halogenated alkanes) is 2. The van der Waals surface area contributed by atoms with Crippen molar-refractivity contribution in [2.75, 3.05) is 0 Å². The van der Waals surface area contributed by atoms with Crippen LogP contribution in [-0.2, 0) is 0 Å². The van der Waals surface area contributed by atoms with Gasteiger partial charge in [0.25, 0.3) is 0 Å². The van der Waals surface area contributed by atoms with Crippen molar-refractivity contribution < 1.29 is 10.2 Å². The molecule has 0 saturated heterocycles. The molecule has 2 heteroatoms. The van der Waals surface area contributed by atoms with Gasteiger partial charge < -0.3 is 10.2 Å². The molecule has 0 aliphatic carbocycles. The van der Waals surface area contributed by atoms with Crippen molar-refractivity contribution in [1.82, 2.24) is 0 Å². The average Bonchev–Trinajstić information content (AvgIpc) is 2.52. The molecule has 2 nitrogen and oxygen atoms in total. The lowest BCUT2D eigenvalue weighted by Crippen LogP contribution is -1.93. The second kappa shape index (κ2) is 11.6. The lowest BCUT2D eigenvalue weighted by atomic mass is 9.95. The van der Waals surface area contributed by atoms with Gasteiger partial charge in [0.1, 0.15) is 11.5 Å². The average molecular weight is 314 g/mol. The highest BCUT2D eigenvalue weighted by atomic mass is 16.3. The van der Waals surface area contributed by atoms with E-state index in [1.54, 1.807) is 18.2 Å². The maximum absolute atomic E-state index is 9.84. The first-order valence-corrected chi connectivity index (χ1v) is 8.62. The van der Waals surface area contributed by atoms with Crippen LogP contribution in [0.4, 0.5) is 0 Å². The summed E-state index contributed by atoms with van der Waals surface area (Å²) in [5.41, 5.74) is 0.630. The zero-order chi connectivity index (χ0) is 16.9. The predicted octanol–water partition coefficient (Wildman–Crippen LogP) is 6.23. The molecule has 1 rings (SSSR count). The Bertz CT molecular complexity index is 506. The van der Waals surface area contributed by atoms with Gasteiger partial charge in [0.15, 0.2) is 0 Å². The number of benzene rings is 1. The summed E-state index contributed by atoms with van der Waals surface area (Å²) in [6.45, 7) is 4.22. The van der Waals surface area contributed by atoms with Gasteiger partial charge in [-0.15, -0.1) is 0 Å². The molecule has 0 heterocycles. The summed E-state index contributed by atoms with van der Waals surface area (Å²) in [6, 6.07) is 4.89. The number of aromatic hydroxyl groups is 2. The van der Waals surface area contributed by atoms with Crippen molar-refractivity contribution in [3.8, 4) is 11.5 Å². The highest BCUT2D eigenvalue weighted by Gasteiger charge is 2.13. The van der Waals surface area contributed by atoms with E-state index in [1.807, 2.05) is 6.92 Å². The van der Waals surface area contributed by atoms with Crippen molar-refractivity contribution in [1.29, 1.82) is 0 Å². The lowest BCUT2D eigenvalue weighted by molar-refractivity contribution is 0.431. The fourth-order valence-corrected chi connectivity index (χ4v) is 2.45. The highest BCUT2D eigenvalue weighted by Crippen LogP contribution is 2.35. The Hall–Kier alpha value is -1.96. The molecule has 0 aliphatic rings. The van der Waals surface area contributed by atoms with Gasteiger partial charge in [0.05, 0.1) is 0 Å². The SMILES string of the molecule is CCCC/C=C/C/C=C\C/C=C\CC(C)c1c(O)cccc1O. The maximum Gasteiger partial charge on any atom is 0.122 e. The maximum atomic E-state index is 9.84. The summed E-state index contributed by atoms with van der Waals surface area (Å²) >= 11 is 0. The Balaban J connectivity index is 2.27. The largest absolute Gasteiger partial charge is 0.508 e. The number of rotatable bonds is 10. The molecule has 0 aliphatic heterocycles. The number of phenols is 2. The Morgan fingerprint density at radius 3 is 2.09 bits per heavy atom. The molecule has 126 valence electrons. The summed E-state index contributed by atoms with van der Waals surface area (Å²) < 4.78 is 0. The van der Waals surface area contributed by atoms with E-state index in [9.17, 15) is 10.2 Å². The molecular weight excluding hydrogens is 284 g/mol. The predicted molar refractivity (Wildman–Crippen MR) is 99.0 cm³/mol. The van der Waals surface area contributed by atoms with Crippen molar-refractivity contribution >= 4 is 0 Å². The zero-order valence-electron chi connectivity index (χ0n) is 14.4. The van der Waals surface area contributed by atoms with Gasteiger partial charge in [-0.1, -0.05) is 69.2 Å². The molecule has 23 heavy (non-hydrogen) atoms. The normalized spacial score (nSPS) is 13.5. The molecule has 0 saturated carbocycles. The van der Waals surface area contributed by atoms with Crippen LogP contribution in [0.25, 0.3) is 0 Å². The Morgan fingerprint density at radius 1 is 0.913 bits per heavy atom. The van der Waals surface area contributed by atoms with Gasteiger partial charge >= 0.3 is 0 Å². The first-order valence-electron chi connectivity index (χ1n) is 8.62. The number of hydrogen-bond donors (Lipinski definition) is 2. The molecule has 1 aromatic carbocycles. The summed E-state index contributed by atoms with van der Waals surface area (Å²) in [7, 11) is 0. The summed E-state index contributed by atoms with van der Waals surface area (Å²) in [5, 5.41) is 19.7.